The highest BCUT2D eigenvalue weighted by molar-refractivity contribution is 5.96. The first kappa shape index (κ1) is 22.5. The first-order valence-electron chi connectivity index (χ1n) is 9.74. The summed E-state index contributed by atoms with van der Waals surface area (Å²) in [4.78, 5) is 30.5. The summed E-state index contributed by atoms with van der Waals surface area (Å²) in [6.07, 6.45) is 1.05. The molecule has 0 saturated carbocycles. The number of fused-ring (bicyclic) bond motifs is 1. The van der Waals surface area contributed by atoms with E-state index < -0.39 is 47.3 Å². The molecule has 166 valence electrons. The summed E-state index contributed by atoms with van der Waals surface area (Å²) in [5, 5.41) is 5.05. The van der Waals surface area contributed by atoms with Crippen molar-refractivity contribution in [3.63, 3.8) is 0 Å². The van der Waals surface area contributed by atoms with Crippen LogP contribution in [0.5, 0.6) is 0 Å². The summed E-state index contributed by atoms with van der Waals surface area (Å²) in [5.74, 6) is -4.59. The molecule has 2 aromatic rings. The summed E-state index contributed by atoms with van der Waals surface area (Å²) < 4.78 is 55.1. The van der Waals surface area contributed by atoms with Crippen LogP contribution in [0.1, 0.15) is 44.5 Å². The molecule has 3 rings (SSSR count). The Morgan fingerprint density at radius 2 is 1.90 bits per heavy atom. The molecule has 1 aliphatic rings. The number of hydrogen-bond acceptors (Lipinski definition) is 3. The number of nitrogens with one attached hydrogen (secondary N) is 2. The number of carbonyl (C=O) groups is 2. The van der Waals surface area contributed by atoms with Gasteiger partial charge in [0.25, 0.3) is 0 Å². The molecular formula is C21H22F4N4O2. The van der Waals surface area contributed by atoms with Crippen LogP contribution in [0.3, 0.4) is 0 Å². The normalized spacial score (nSPS) is 15.4. The number of aromatic nitrogens is 1. The number of nitrogens with zero attached hydrogens (tertiary/aromatic N) is 2. The average molecular weight is 438 g/mol. The van der Waals surface area contributed by atoms with Crippen molar-refractivity contribution in [3.8, 4) is 0 Å². The third-order valence-corrected chi connectivity index (χ3v) is 5.01. The molecule has 3 amide bonds. The molecule has 2 heterocycles. The lowest BCUT2D eigenvalue weighted by atomic mass is 9.99. The van der Waals surface area contributed by atoms with Crippen LogP contribution in [-0.2, 0) is 11.3 Å². The summed E-state index contributed by atoms with van der Waals surface area (Å²) in [7, 11) is 0. The van der Waals surface area contributed by atoms with Gasteiger partial charge in [0.2, 0.25) is 5.91 Å². The van der Waals surface area contributed by atoms with Gasteiger partial charge in [-0.05, 0) is 31.4 Å². The topological polar surface area (TPSA) is 74.3 Å². The lowest BCUT2D eigenvalue weighted by Gasteiger charge is -2.36. The van der Waals surface area contributed by atoms with E-state index in [9.17, 15) is 27.2 Å². The van der Waals surface area contributed by atoms with E-state index in [1.807, 2.05) is 13.8 Å². The van der Waals surface area contributed by atoms with Gasteiger partial charge in [-0.2, -0.15) is 0 Å². The van der Waals surface area contributed by atoms with Gasteiger partial charge in [-0.1, -0.05) is 13.8 Å². The van der Waals surface area contributed by atoms with Crippen LogP contribution in [0.2, 0.25) is 0 Å². The zero-order valence-electron chi connectivity index (χ0n) is 17.2. The molecule has 2 atom stereocenters. The highest BCUT2D eigenvalue weighted by atomic mass is 19.2. The second-order valence-electron chi connectivity index (χ2n) is 7.84. The van der Waals surface area contributed by atoms with Crippen LogP contribution < -0.4 is 10.6 Å². The Hall–Kier alpha value is -3.17. The quantitative estimate of drug-likeness (QED) is 0.662. The monoisotopic (exact) mass is 438 g/mol. The zero-order valence-corrected chi connectivity index (χ0v) is 17.2. The predicted molar refractivity (Wildman–Crippen MR) is 105 cm³/mol. The maximum atomic E-state index is 14.3. The predicted octanol–water partition coefficient (Wildman–Crippen LogP) is 4.28. The third kappa shape index (κ3) is 4.78. The number of benzene rings is 1. The number of hydrogen-bond donors (Lipinski definition) is 2. The highest BCUT2D eigenvalue weighted by Crippen LogP contribution is 2.30. The molecule has 0 bridgehead atoms. The Kier molecular flexibility index (Phi) is 6.47. The first-order valence-corrected chi connectivity index (χ1v) is 9.74. The molecule has 1 aliphatic heterocycles. The summed E-state index contributed by atoms with van der Waals surface area (Å²) in [6.45, 7) is 4.82. The van der Waals surface area contributed by atoms with Crippen molar-refractivity contribution in [2.75, 3.05) is 5.32 Å². The molecule has 0 fully saturated rings. The minimum absolute atomic E-state index is 0.0294. The standard InChI is InChI=1S/C21H22F4N4O2/c1-10(2)6-17(20(30)27-11(3)19-15(24)7-12(22)8-26-19)29-9-13-16(28-21(29)31)5-4-14(23)18(13)25/h4-5,7-8,10-11,17H,6,9H2,1-3H3,(H,27,30)(H,28,31)/t11-,17-/m0/s1. The lowest BCUT2D eigenvalue weighted by Crippen LogP contribution is -2.53. The van der Waals surface area contributed by atoms with Gasteiger partial charge in [-0.3, -0.25) is 9.78 Å². The van der Waals surface area contributed by atoms with E-state index in [1.54, 1.807) is 0 Å². The van der Waals surface area contributed by atoms with Gasteiger partial charge in [0.1, 0.15) is 17.7 Å². The van der Waals surface area contributed by atoms with Gasteiger partial charge in [-0.25, -0.2) is 22.4 Å². The SMILES string of the molecule is CC(C)C[C@@H](C(=O)N[C@@H](C)c1ncc(F)cc1F)N1Cc2c(ccc(F)c2F)NC1=O. The van der Waals surface area contributed by atoms with Crippen molar-refractivity contribution < 1.29 is 27.2 Å². The molecule has 2 N–H and O–H groups in total. The Morgan fingerprint density at radius 1 is 1.19 bits per heavy atom. The number of pyridine rings is 1. The second-order valence-corrected chi connectivity index (χ2v) is 7.84. The van der Waals surface area contributed by atoms with Crippen LogP contribution >= 0.6 is 0 Å². The van der Waals surface area contributed by atoms with E-state index in [-0.39, 0.29) is 35.8 Å². The molecule has 0 spiro atoms. The minimum atomic E-state index is -1.10. The van der Waals surface area contributed by atoms with Crippen molar-refractivity contribution in [2.24, 2.45) is 5.92 Å². The van der Waals surface area contributed by atoms with Crippen LogP contribution in [0, 0.1) is 29.2 Å². The number of anilines is 1. The van der Waals surface area contributed by atoms with Gasteiger partial charge in [-0.15, -0.1) is 0 Å². The van der Waals surface area contributed by atoms with Crippen LogP contribution in [0.25, 0.3) is 0 Å². The summed E-state index contributed by atoms with van der Waals surface area (Å²) in [5.41, 5.74) is -0.102. The Morgan fingerprint density at radius 3 is 2.55 bits per heavy atom. The van der Waals surface area contributed by atoms with Crippen LogP contribution in [0.15, 0.2) is 24.4 Å². The van der Waals surface area contributed by atoms with Gasteiger partial charge < -0.3 is 15.5 Å². The van der Waals surface area contributed by atoms with Crippen molar-refractivity contribution >= 4 is 17.6 Å². The number of rotatable bonds is 6. The average Bonchev–Trinajstić information content (AvgIpc) is 2.68. The maximum Gasteiger partial charge on any atom is 0.322 e. The second kappa shape index (κ2) is 8.91. The summed E-state index contributed by atoms with van der Waals surface area (Å²) >= 11 is 0. The molecular weight excluding hydrogens is 416 g/mol. The molecule has 6 nitrogen and oxygen atoms in total. The number of carbonyl (C=O) groups excluding carboxylic acids is 2. The Balaban J connectivity index is 1.86. The van der Waals surface area contributed by atoms with Crippen molar-refractivity contribution in [3.05, 3.63) is 58.9 Å². The van der Waals surface area contributed by atoms with Crippen molar-refractivity contribution in [1.29, 1.82) is 0 Å². The minimum Gasteiger partial charge on any atom is -0.346 e. The fourth-order valence-electron chi connectivity index (χ4n) is 3.49. The van der Waals surface area contributed by atoms with E-state index in [4.69, 9.17) is 0 Å². The van der Waals surface area contributed by atoms with Crippen LogP contribution in [-0.4, -0.2) is 27.9 Å². The van der Waals surface area contributed by atoms with Gasteiger partial charge >= 0.3 is 6.03 Å². The number of amides is 3. The molecule has 0 aliphatic carbocycles. The van der Waals surface area contributed by atoms with E-state index in [0.29, 0.717) is 6.07 Å². The third-order valence-electron chi connectivity index (χ3n) is 5.01. The number of urea groups is 1. The Bertz CT molecular complexity index is 1020. The highest BCUT2D eigenvalue weighted by Gasteiger charge is 2.36. The smallest absolute Gasteiger partial charge is 0.322 e. The van der Waals surface area contributed by atoms with Crippen LogP contribution in [0.4, 0.5) is 28.0 Å². The lowest BCUT2D eigenvalue weighted by molar-refractivity contribution is -0.126. The summed E-state index contributed by atoms with van der Waals surface area (Å²) in [6, 6.07) is 0.222. The molecule has 1 aromatic heterocycles. The van der Waals surface area contributed by atoms with E-state index in [0.717, 1.165) is 17.2 Å². The zero-order chi connectivity index (χ0) is 22.9. The first-order chi connectivity index (χ1) is 14.6. The van der Waals surface area contributed by atoms with Crippen molar-refractivity contribution in [1.82, 2.24) is 15.2 Å². The molecule has 1 aromatic carbocycles. The maximum absolute atomic E-state index is 14.3. The van der Waals surface area contributed by atoms with Gasteiger partial charge in [0.15, 0.2) is 11.6 Å². The van der Waals surface area contributed by atoms with Crippen molar-refractivity contribution in [2.45, 2.75) is 45.8 Å². The number of halogens is 4. The Labute approximate surface area is 176 Å². The molecule has 0 saturated heterocycles. The molecule has 31 heavy (non-hydrogen) atoms. The van der Waals surface area contributed by atoms with Gasteiger partial charge in [0.05, 0.1) is 30.2 Å². The molecule has 0 radical (unpaired) electrons. The van der Waals surface area contributed by atoms with Gasteiger partial charge in [0, 0.05) is 11.6 Å². The fourth-order valence-corrected chi connectivity index (χ4v) is 3.49. The van der Waals surface area contributed by atoms with E-state index in [2.05, 4.69) is 15.6 Å². The largest absolute Gasteiger partial charge is 0.346 e. The van der Waals surface area contributed by atoms with E-state index >= 15 is 0 Å². The molecule has 10 heteroatoms. The molecule has 0 unspecified atom stereocenters. The van der Waals surface area contributed by atoms with E-state index in [1.165, 1.54) is 13.0 Å². The fraction of sp³-hybridized carbons (Fsp3) is 0.381.